The second kappa shape index (κ2) is 8.50. The number of nitrogens with one attached hydrogen (secondary N) is 2. The number of halogens is 1. The first-order valence-electron chi connectivity index (χ1n) is 10.5. The van der Waals surface area contributed by atoms with Crippen LogP contribution >= 0.6 is 11.6 Å². The summed E-state index contributed by atoms with van der Waals surface area (Å²) in [7, 11) is 0. The van der Waals surface area contributed by atoms with E-state index >= 15 is 0 Å². The van der Waals surface area contributed by atoms with Crippen LogP contribution in [0.25, 0.3) is 22.2 Å². The molecule has 7 nitrogen and oxygen atoms in total. The summed E-state index contributed by atoms with van der Waals surface area (Å²) in [6.45, 7) is 2.54. The molecule has 5 rings (SSSR count). The van der Waals surface area contributed by atoms with Crippen molar-refractivity contribution in [2.75, 3.05) is 6.54 Å². The van der Waals surface area contributed by atoms with Crippen LogP contribution in [0.1, 0.15) is 36.2 Å². The molecule has 1 aromatic carbocycles. The third-order valence-electron chi connectivity index (χ3n) is 5.84. The summed E-state index contributed by atoms with van der Waals surface area (Å²) < 4.78 is 1.75. The molecule has 0 aliphatic heterocycles. The predicted molar refractivity (Wildman–Crippen MR) is 119 cm³/mol. The van der Waals surface area contributed by atoms with Gasteiger partial charge in [0, 0.05) is 29.5 Å². The summed E-state index contributed by atoms with van der Waals surface area (Å²) in [5, 5.41) is 22.9. The summed E-state index contributed by atoms with van der Waals surface area (Å²) in [5.41, 5.74) is 4.87. The molecule has 0 amide bonds. The Hall–Kier alpha value is -3.21. The normalized spacial score (nSPS) is 13.9. The number of H-pyrrole nitrogens is 1. The molecular formula is C23H22ClN7. The highest BCUT2D eigenvalue weighted by atomic mass is 35.5. The third kappa shape index (κ3) is 4.31. The molecule has 2 N–H and O–H groups in total. The summed E-state index contributed by atoms with van der Waals surface area (Å²) in [6.07, 6.45) is 7.36. The highest BCUT2D eigenvalue weighted by Gasteiger charge is 2.16. The zero-order chi connectivity index (χ0) is 21.2. The Kier molecular flexibility index (Phi) is 5.41. The van der Waals surface area contributed by atoms with E-state index in [0.717, 1.165) is 30.1 Å². The van der Waals surface area contributed by atoms with Gasteiger partial charge in [0.2, 0.25) is 0 Å². The lowest BCUT2D eigenvalue weighted by Gasteiger charge is -2.25. The summed E-state index contributed by atoms with van der Waals surface area (Å²) in [5.74, 6) is 0.857. The fourth-order valence-corrected chi connectivity index (χ4v) is 4.10. The van der Waals surface area contributed by atoms with Gasteiger partial charge in [-0.25, -0.2) is 9.67 Å². The second-order valence-corrected chi connectivity index (χ2v) is 8.54. The van der Waals surface area contributed by atoms with Crippen LogP contribution in [0.4, 0.5) is 0 Å². The average molecular weight is 432 g/mol. The van der Waals surface area contributed by atoms with E-state index in [1.807, 2.05) is 6.20 Å². The number of hydrogen-bond acceptors (Lipinski definition) is 5. The maximum absolute atomic E-state index is 9.29. The lowest BCUT2D eigenvalue weighted by atomic mass is 9.85. The summed E-state index contributed by atoms with van der Waals surface area (Å²) in [6, 6.07) is 12.3. The quantitative estimate of drug-likeness (QED) is 0.455. The van der Waals surface area contributed by atoms with Crippen molar-refractivity contribution in [3.63, 3.8) is 0 Å². The Morgan fingerprint density at radius 3 is 2.97 bits per heavy atom. The van der Waals surface area contributed by atoms with E-state index in [0.29, 0.717) is 22.8 Å². The SMILES string of the molecule is N#Cc1ncc(Cl)cc1-c1cn(Cc2ccc3cc(CNCC4CCC4)[nH]c3c2)nn1. The Balaban J connectivity index is 1.29. The number of rotatable bonds is 7. The van der Waals surface area contributed by atoms with Crippen LogP contribution in [0.5, 0.6) is 0 Å². The number of nitriles is 1. The van der Waals surface area contributed by atoms with Crippen molar-refractivity contribution in [3.05, 3.63) is 64.7 Å². The first-order chi connectivity index (χ1) is 15.2. The molecule has 0 radical (unpaired) electrons. The topological polar surface area (TPSA) is 95.2 Å². The zero-order valence-corrected chi connectivity index (χ0v) is 17.7. The number of hydrogen-bond donors (Lipinski definition) is 2. The van der Waals surface area contributed by atoms with Crippen LogP contribution in [0.2, 0.25) is 5.02 Å². The number of benzene rings is 1. The third-order valence-corrected chi connectivity index (χ3v) is 6.04. The summed E-state index contributed by atoms with van der Waals surface area (Å²) in [4.78, 5) is 7.58. The molecule has 3 heterocycles. The number of fused-ring (bicyclic) bond motifs is 1. The fourth-order valence-electron chi connectivity index (χ4n) is 3.95. The first-order valence-corrected chi connectivity index (χ1v) is 10.8. The monoisotopic (exact) mass is 431 g/mol. The molecule has 0 atom stereocenters. The van der Waals surface area contributed by atoms with Crippen LogP contribution < -0.4 is 5.32 Å². The van der Waals surface area contributed by atoms with Gasteiger partial charge in [-0.05, 0) is 54.5 Å². The minimum Gasteiger partial charge on any atom is -0.357 e. The molecule has 1 aliphatic carbocycles. The Labute approximate surface area is 185 Å². The summed E-state index contributed by atoms with van der Waals surface area (Å²) >= 11 is 6.04. The van der Waals surface area contributed by atoms with E-state index in [2.05, 4.69) is 55.9 Å². The van der Waals surface area contributed by atoms with Gasteiger partial charge in [-0.3, -0.25) is 0 Å². The van der Waals surface area contributed by atoms with Crippen molar-refractivity contribution in [1.29, 1.82) is 5.26 Å². The van der Waals surface area contributed by atoms with Gasteiger partial charge in [0.15, 0.2) is 0 Å². The minimum absolute atomic E-state index is 0.280. The first kappa shape index (κ1) is 19.7. The molecule has 156 valence electrons. The molecule has 0 unspecified atom stereocenters. The van der Waals surface area contributed by atoms with Crippen LogP contribution in [-0.4, -0.2) is 31.5 Å². The van der Waals surface area contributed by atoms with Crippen molar-refractivity contribution in [1.82, 2.24) is 30.3 Å². The molecule has 3 aromatic heterocycles. The predicted octanol–water partition coefficient (Wildman–Crippen LogP) is 4.28. The molecular weight excluding hydrogens is 410 g/mol. The second-order valence-electron chi connectivity index (χ2n) is 8.11. The molecule has 1 aliphatic rings. The molecule has 1 fully saturated rings. The lowest BCUT2D eigenvalue weighted by Crippen LogP contribution is -2.26. The van der Waals surface area contributed by atoms with E-state index < -0.39 is 0 Å². The van der Waals surface area contributed by atoms with E-state index in [-0.39, 0.29) is 5.69 Å². The lowest BCUT2D eigenvalue weighted by molar-refractivity contribution is 0.301. The highest BCUT2D eigenvalue weighted by Crippen LogP contribution is 2.26. The maximum atomic E-state index is 9.29. The molecule has 31 heavy (non-hydrogen) atoms. The Morgan fingerprint density at radius 1 is 1.26 bits per heavy atom. The van der Waals surface area contributed by atoms with Crippen LogP contribution in [0.3, 0.4) is 0 Å². The van der Waals surface area contributed by atoms with E-state index in [4.69, 9.17) is 11.6 Å². The van der Waals surface area contributed by atoms with Gasteiger partial charge in [0.1, 0.15) is 17.5 Å². The Bertz CT molecular complexity index is 1260. The van der Waals surface area contributed by atoms with Gasteiger partial charge < -0.3 is 10.3 Å². The number of nitrogens with zero attached hydrogens (tertiary/aromatic N) is 5. The van der Waals surface area contributed by atoms with Gasteiger partial charge >= 0.3 is 0 Å². The fraction of sp³-hybridized carbons (Fsp3) is 0.304. The minimum atomic E-state index is 0.280. The number of aromatic amines is 1. The van der Waals surface area contributed by atoms with Crippen molar-refractivity contribution < 1.29 is 0 Å². The molecule has 4 aromatic rings. The van der Waals surface area contributed by atoms with Crippen molar-refractivity contribution in [3.8, 4) is 17.3 Å². The van der Waals surface area contributed by atoms with E-state index in [1.165, 1.54) is 36.5 Å². The van der Waals surface area contributed by atoms with Crippen molar-refractivity contribution >= 4 is 22.5 Å². The van der Waals surface area contributed by atoms with Gasteiger partial charge in [-0.15, -0.1) is 5.10 Å². The number of pyridine rings is 1. The van der Waals surface area contributed by atoms with Crippen LogP contribution in [-0.2, 0) is 13.1 Å². The van der Waals surface area contributed by atoms with E-state index in [1.54, 1.807) is 10.7 Å². The van der Waals surface area contributed by atoms with Gasteiger partial charge in [0.25, 0.3) is 0 Å². The molecule has 0 bridgehead atoms. The standard InChI is InChI=1S/C23H22ClN7/c24-18-8-20(22(9-25)27-11-18)23-14-31(30-29-23)13-16-4-5-17-7-19(28-21(17)6-16)12-26-10-15-2-1-3-15/h4-8,11,14-15,26,28H,1-3,10,12-13H2. The molecule has 0 saturated heterocycles. The maximum Gasteiger partial charge on any atom is 0.150 e. The van der Waals surface area contributed by atoms with Crippen LogP contribution in [0.15, 0.2) is 42.7 Å². The average Bonchev–Trinajstić information content (AvgIpc) is 3.36. The van der Waals surface area contributed by atoms with Crippen molar-refractivity contribution in [2.45, 2.75) is 32.4 Å². The van der Waals surface area contributed by atoms with Gasteiger partial charge in [-0.1, -0.05) is 35.4 Å². The molecule has 1 saturated carbocycles. The van der Waals surface area contributed by atoms with Crippen LogP contribution in [0, 0.1) is 17.2 Å². The number of aromatic nitrogens is 5. The molecule has 0 spiro atoms. The van der Waals surface area contributed by atoms with Gasteiger partial charge in [0.05, 0.1) is 17.8 Å². The largest absolute Gasteiger partial charge is 0.357 e. The highest BCUT2D eigenvalue weighted by molar-refractivity contribution is 6.30. The van der Waals surface area contributed by atoms with E-state index in [9.17, 15) is 5.26 Å². The molecule has 8 heteroatoms. The van der Waals surface area contributed by atoms with Crippen molar-refractivity contribution in [2.24, 2.45) is 5.92 Å². The Morgan fingerprint density at radius 2 is 2.16 bits per heavy atom. The zero-order valence-electron chi connectivity index (χ0n) is 17.0. The smallest absolute Gasteiger partial charge is 0.150 e. The van der Waals surface area contributed by atoms with Gasteiger partial charge in [-0.2, -0.15) is 5.26 Å².